The van der Waals surface area contributed by atoms with Crippen LogP contribution in [0.4, 0.5) is 5.69 Å². The number of alkyl halides is 1. The molecule has 0 aromatic heterocycles. The molecule has 1 aliphatic rings. The lowest BCUT2D eigenvalue weighted by Gasteiger charge is -1.96. The van der Waals surface area contributed by atoms with Crippen LogP contribution in [0.25, 0.3) is 0 Å². The lowest BCUT2D eigenvalue weighted by Crippen LogP contribution is -1.88. The van der Waals surface area contributed by atoms with E-state index in [1.807, 2.05) is 0 Å². The molecule has 0 heterocycles. The molecule has 1 aromatic rings. The third-order valence-corrected chi connectivity index (χ3v) is 2.73. The first kappa shape index (κ1) is 8.51. The van der Waals surface area contributed by atoms with Crippen molar-refractivity contribution in [2.24, 2.45) is 0 Å². The van der Waals surface area contributed by atoms with Gasteiger partial charge in [0, 0.05) is 23.4 Å². The summed E-state index contributed by atoms with van der Waals surface area (Å²) in [5.74, 6) is 0.405. The number of hydrogen-bond donors (Lipinski definition) is 0. The Balaban J connectivity index is 2.19. The van der Waals surface area contributed by atoms with Crippen molar-refractivity contribution in [1.82, 2.24) is 0 Å². The van der Waals surface area contributed by atoms with Crippen molar-refractivity contribution >= 4 is 17.3 Å². The van der Waals surface area contributed by atoms with Crippen molar-refractivity contribution in [3.8, 4) is 0 Å². The van der Waals surface area contributed by atoms with Crippen molar-refractivity contribution in [2.75, 3.05) is 0 Å². The maximum absolute atomic E-state index is 10.3. The number of halogens is 1. The van der Waals surface area contributed by atoms with E-state index in [0.717, 1.165) is 12.0 Å². The standard InChI is InChI=1S/C9H8ClNO2/c10-9-5-8(9)6-1-3-7(4-2-6)11(12)13/h1-4,8-9H,5H2/t8-,9-/m1/s1. The number of non-ortho nitro benzene ring substituents is 1. The Labute approximate surface area is 80.5 Å². The Morgan fingerprint density at radius 2 is 1.92 bits per heavy atom. The van der Waals surface area contributed by atoms with E-state index in [0.29, 0.717) is 5.92 Å². The van der Waals surface area contributed by atoms with Crippen molar-refractivity contribution in [3.05, 3.63) is 39.9 Å². The summed E-state index contributed by atoms with van der Waals surface area (Å²) in [6.07, 6.45) is 0.985. The largest absolute Gasteiger partial charge is 0.269 e. The van der Waals surface area contributed by atoms with Crippen LogP contribution < -0.4 is 0 Å². The van der Waals surface area contributed by atoms with Crippen LogP contribution in [0, 0.1) is 10.1 Å². The fraction of sp³-hybridized carbons (Fsp3) is 0.333. The molecule has 1 aromatic carbocycles. The molecule has 68 valence electrons. The molecule has 0 N–H and O–H groups in total. The molecule has 0 radical (unpaired) electrons. The Hall–Kier alpha value is -1.09. The van der Waals surface area contributed by atoms with Crippen molar-refractivity contribution in [3.63, 3.8) is 0 Å². The normalized spacial score (nSPS) is 25.6. The summed E-state index contributed by atoms with van der Waals surface area (Å²) in [6.45, 7) is 0. The first-order valence-corrected chi connectivity index (χ1v) is 4.50. The fourth-order valence-electron chi connectivity index (χ4n) is 1.35. The van der Waals surface area contributed by atoms with Gasteiger partial charge in [0.2, 0.25) is 0 Å². The number of nitrogens with zero attached hydrogens (tertiary/aromatic N) is 1. The van der Waals surface area contributed by atoms with E-state index in [-0.39, 0.29) is 11.1 Å². The highest BCUT2D eigenvalue weighted by molar-refractivity contribution is 6.23. The van der Waals surface area contributed by atoms with Gasteiger partial charge in [-0.25, -0.2) is 0 Å². The van der Waals surface area contributed by atoms with Crippen molar-refractivity contribution < 1.29 is 4.92 Å². The zero-order valence-corrected chi connectivity index (χ0v) is 7.57. The average molecular weight is 198 g/mol. The number of hydrogen-bond acceptors (Lipinski definition) is 2. The van der Waals surface area contributed by atoms with Crippen LogP contribution in [-0.4, -0.2) is 10.3 Å². The quantitative estimate of drug-likeness (QED) is 0.416. The molecule has 2 atom stereocenters. The second-order valence-electron chi connectivity index (χ2n) is 3.21. The predicted octanol–water partition coefficient (Wildman–Crippen LogP) is 2.69. The van der Waals surface area contributed by atoms with Crippen LogP contribution in [0.15, 0.2) is 24.3 Å². The molecular weight excluding hydrogens is 190 g/mol. The summed E-state index contributed by atoms with van der Waals surface area (Å²) in [4.78, 5) is 9.95. The molecule has 0 bridgehead atoms. The van der Waals surface area contributed by atoms with Gasteiger partial charge in [0.15, 0.2) is 0 Å². The Morgan fingerprint density at radius 1 is 1.38 bits per heavy atom. The SMILES string of the molecule is O=[N+]([O-])c1ccc([C@H]2C[C@H]2Cl)cc1. The predicted molar refractivity (Wildman–Crippen MR) is 50.1 cm³/mol. The molecule has 1 fully saturated rings. The lowest BCUT2D eigenvalue weighted by molar-refractivity contribution is -0.384. The minimum Gasteiger partial charge on any atom is -0.258 e. The zero-order valence-electron chi connectivity index (χ0n) is 6.81. The molecule has 1 aliphatic carbocycles. The summed E-state index contributed by atoms with van der Waals surface area (Å²) in [6, 6.07) is 6.62. The maximum atomic E-state index is 10.3. The lowest BCUT2D eigenvalue weighted by atomic mass is 10.1. The van der Waals surface area contributed by atoms with Crippen LogP contribution in [0.2, 0.25) is 0 Å². The van der Waals surface area contributed by atoms with Gasteiger partial charge in [-0.05, 0) is 12.0 Å². The van der Waals surface area contributed by atoms with Crippen LogP contribution in [0.5, 0.6) is 0 Å². The minimum absolute atomic E-state index is 0.135. The third-order valence-electron chi connectivity index (χ3n) is 2.24. The number of benzene rings is 1. The molecule has 0 unspecified atom stereocenters. The van der Waals surface area contributed by atoms with E-state index in [4.69, 9.17) is 11.6 Å². The second-order valence-corrected chi connectivity index (χ2v) is 3.77. The fourth-order valence-corrected chi connectivity index (χ4v) is 1.69. The molecule has 0 saturated heterocycles. The molecule has 13 heavy (non-hydrogen) atoms. The van der Waals surface area contributed by atoms with Gasteiger partial charge >= 0.3 is 0 Å². The monoisotopic (exact) mass is 197 g/mol. The Morgan fingerprint density at radius 3 is 2.31 bits per heavy atom. The molecule has 2 rings (SSSR count). The topological polar surface area (TPSA) is 43.1 Å². The summed E-state index contributed by atoms with van der Waals surface area (Å²) in [5, 5.41) is 10.6. The Kier molecular flexibility index (Phi) is 1.96. The highest BCUT2D eigenvalue weighted by Crippen LogP contribution is 2.45. The first-order valence-electron chi connectivity index (χ1n) is 4.07. The van der Waals surface area contributed by atoms with Crippen LogP contribution in [0.1, 0.15) is 17.9 Å². The van der Waals surface area contributed by atoms with Crippen molar-refractivity contribution in [1.29, 1.82) is 0 Å². The highest BCUT2D eigenvalue weighted by Gasteiger charge is 2.36. The first-order chi connectivity index (χ1) is 6.18. The van der Waals surface area contributed by atoms with Gasteiger partial charge in [0.25, 0.3) is 5.69 Å². The van der Waals surface area contributed by atoms with Crippen LogP contribution >= 0.6 is 11.6 Å². The summed E-state index contributed by atoms with van der Waals surface area (Å²) < 4.78 is 0. The smallest absolute Gasteiger partial charge is 0.258 e. The Bertz CT molecular complexity index is 336. The molecule has 0 aliphatic heterocycles. The van der Waals surface area contributed by atoms with Crippen LogP contribution in [-0.2, 0) is 0 Å². The molecule has 0 amide bonds. The van der Waals surface area contributed by atoms with Crippen molar-refractivity contribution in [2.45, 2.75) is 17.7 Å². The zero-order chi connectivity index (χ0) is 9.42. The molecule has 0 spiro atoms. The second kappa shape index (κ2) is 3.00. The van der Waals surface area contributed by atoms with Gasteiger partial charge in [-0.1, -0.05) is 12.1 Å². The number of nitro benzene ring substituents is 1. The summed E-state index contributed by atoms with van der Waals surface area (Å²) in [5.41, 5.74) is 1.24. The van der Waals surface area contributed by atoms with E-state index in [1.54, 1.807) is 12.1 Å². The van der Waals surface area contributed by atoms with Gasteiger partial charge in [0.1, 0.15) is 0 Å². The summed E-state index contributed by atoms with van der Waals surface area (Å²) >= 11 is 5.85. The highest BCUT2D eigenvalue weighted by atomic mass is 35.5. The molecule has 1 saturated carbocycles. The minimum atomic E-state index is -0.394. The molecular formula is C9H8ClNO2. The number of rotatable bonds is 2. The third kappa shape index (κ3) is 1.65. The van der Waals surface area contributed by atoms with E-state index < -0.39 is 4.92 Å². The van der Waals surface area contributed by atoms with Crippen LogP contribution in [0.3, 0.4) is 0 Å². The molecule has 3 nitrogen and oxygen atoms in total. The van der Waals surface area contributed by atoms with E-state index >= 15 is 0 Å². The summed E-state index contributed by atoms with van der Waals surface area (Å²) in [7, 11) is 0. The van der Waals surface area contributed by atoms with Gasteiger partial charge < -0.3 is 0 Å². The van der Waals surface area contributed by atoms with E-state index in [9.17, 15) is 10.1 Å². The van der Waals surface area contributed by atoms with Gasteiger partial charge in [-0.2, -0.15) is 0 Å². The van der Waals surface area contributed by atoms with Gasteiger partial charge in [0.05, 0.1) is 4.92 Å². The van der Waals surface area contributed by atoms with Gasteiger partial charge in [-0.3, -0.25) is 10.1 Å². The molecule has 4 heteroatoms. The van der Waals surface area contributed by atoms with E-state index in [2.05, 4.69) is 0 Å². The van der Waals surface area contributed by atoms with Gasteiger partial charge in [-0.15, -0.1) is 11.6 Å². The maximum Gasteiger partial charge on any atom is 0.269 e. The average Bonchev–Trinajstić information content (AvgIpc) is 2.83. The van der Waals surface area contributed by atoms with E-state index in [1.165, 1.54) is 12.1 Å². The number of nitro groups is 1.